The Bertz CT molecular complexity index is 153. The maximum atomic E-state index is 5.65. The molecule has 1 aliphatic heterocycles. The van der Waals surface area contributed by atoms with E-state index >= 15 is 0 Å². The first kappa shape index (κ1) is 13.3. The molecule has 1 fully saturated rings. The maximum Gasteiger partial charge on any atom is 0.0223 e. The lowest BCUT2D eigenvalue weighted by molar-refractivity contribution is 0.270. The molecule has 0 spiro atoms. The van der Waals surface area contributed by atoms with Crippen molar-refractivity contribution in [3.8, 4) is 0 Å². The highest BCUT2D eigenvalue weighted by atomic mass is 35.5. The predicted molar refractivity (Wildman–Crippen MR) is 67.7 cm³/mol. The fourth-order valence-corrected chi connectivity index (χ4v) is 2.30. The Morgan fingerprint density at radius 3 is 2.53 bits per heavy atom. The summed E-state index contributed by atoms with van der Waals surface area (Å²) in [6.07, 6.45) is 6.51. The van der Waals surface area contributed by atoms with E-state index in [1.54, 1.807) is 0 Å². The number of likely N-dealkylation sites (N-methyl/N-ethyl adjacent to an activating group) is 1. The molecule has 90 valence electrons. The largest absolute Gasteiger partial charge is 0.305 e. The van der Waals surface area contributed by atoms with Crippen LogP contribution in [0.1, 0.15) is 32.1 Å². The van der Waals surface area contributed by atoms with Gasteiger partial charge in [-0.25, -0.2) is 0 Å². The van der Waals surface area contributed by atoms with Crippen LogP contribution in [0.3, 0.4) is 0 Å². The van der Waals surface area contributed by atoms with E-state index in [4.69, 9.17) is 11.6 Å². The molecule has 0 aromatic carbocycles. The highest BCUT2D eigenvalue weighted by molar-refractivity contribution is 6.17. The van der Waals surface area contributed by atoms with Gasteiger partial charge in [-0.05, 0) is 45.9 Å². The summed E-state index contributed by atoms with van der Waals surface area (Å²) in [5, 5.41) is 0. The van der Waals surface area contributed by atoms with E-state index in [0.29, 0.717) is 0 Å². The first-order valence-electron chi connectivity index (χ1n) is 6.30. The van der Waals surface area contributed by atoms with Gasteiger partial charge in [-0.1, -0.05) is 12.8 Å². The summed E-state index contributed by atoms with van der Waals surface area (Å²) in [5.41, 5.74) is 0. The number of halogens is 1. The molecule has 0 bridgehead atoms. The highest BCUT2D eigenvalue weighted by Gasteiger charge is 2.10. The zero-order valence-electron chi connectivity index (χ0n) is 10.1. The molecular weight excluding hydrogens is 208 g/mol. The van der Waals surface area contributed by atoms with Crippen LogP contribution in [0.5, 0.6) is 0 Å². The van der Waals surface area contributed by atoms with Crippen molar-refractivity contribution in [3.05, 3.63) is 0 Å². The zero-order chi connectivity index (χ0) is 10.9. The van der Waals surface area contributed by atoms with Crippen LogP contribution in [0.25, 0.3) is 0 Å². The Morgan fingerprint density at radius 1 is 0.933 bits per heavy atom. The van der Waals surface area contributed by atoms with Gasteiger partial charge in [0.1, 0.15) is 0 Å². The van der Waals surface area contributed by atoms with Gasteiger partial charge in [-0.2, -0.15) is 0 Å². The van der Waals surface area contributed by atoms with E-state index in [-0.39, 0.29) is 0 Å². The van der Waals surface area contributed by atoms with E-state index in [1.807, 2.05) is 0 Å². The first-order chi connectivity index (χ1) is 7.33. The third-order valence-corrected chi connectivity index (χ3v) is 3.44. The molecule has 1 rings (SSSR count). The Balaban J connectivity index is 2.00. The van der Waals surface area contributed by atoms with Crippen molar-refractivity contribution < 1.29 is 0 Å². The zero-order valence-corrected chi connectivity index (χ0v) is 10.8. The first-order valence-corrected chi connectivity index (χ1v) is 6.83. The topological polar surface area (TPSA) is 6.48 Å². The van der Waals surface area contributed by atoms with Gasteiger partial charge in [0.2, 0.25) is 0 Å². The van der Waals surface area contributed by atoms with Crippen LogP contribution in [-0.2, 0) is 0 Å². The van der Waals surface area contributed by atoms with E-state index in [2.05, 4.69) is 16.8 Å². The minimum atomic E-state index is 0.828. The molecule has 15 heavy (non-hydrogen) atoms. The van der Waals surface area contributed by atoms with Gasteiger partial charge in [0.05, 0.1) is 0 Å². The number of nitrogens with zero attached hydrogens (tertiary/aromatic N) is 2. The lowest BCUT2D eigenvalue weighted by Crippen LogP contribution is -2.29. The van der Waals surface area contributed by atoms with Gasteiger partial charge in [0, 0.05) is 19.0 Å². The van der Waals surface area contributed by atoms with Crippen molar-refractivity contribution in [2.45, 2.75) is 32.1 Å². The lowest BCUT2D eigenvalue weighted by atomic mass is 10.2. The van der Waals surface area contributed by atoms with Gasteiger partial charge in [-0.3, -0.25) is 0 Å². The van der Waals surface area contributed by atoms with Crippen molar-refractivity contribution in [2.75, 3.05) is 45.7 Å². The molecule has 0 aromatic rings. The van der Waals surface area contributed by atoms with Crippen LogP contribution in [0.4, 0.5) is 0 Å². The molecule has 0 aromatic heterocycles. The summed E-state index contributed by atoms with van der Waals surface area (Å²) in [5.74, 6) is 0.828. The maximum absolute atomic E-state index is 5.65. The second-order valence-corrected chi connectivity index (χ2v) is 4.98. The lowest BCUT2D eigenvalue weighted by Gasteiger charge is -2.19. The number of hydrogen-bond donors (Lipinski definition) is 0. The van der Waals surface area contributed by atoms with E-state index in [0.717, 1.165) is 5.88 Å². The van der Waals surface area contributed by atoms with Crippen LogP contribution in [0.15, 0.2) is 0 Å². The molecule has 1 saturated heterocycles. The van der Waals surface area contributed by atoms with Crippen LogP contribution < -0.4 is 0 Å². The summed E-state index contributed by atoms with van der Waals surface area (Å²) in [6.45, 7) is 6.34. The highest BCUT2D eigenvalue weighted by Crippen LogP contribution is 2.05. The van der Waals surface area contributed by atoms with Gasteiger partial charge in [0.25, 0.3) is 0 Å². The summed E-state index contributed by atoms with van der Waals surface area (Å²) >= 11 is 5.65. The van der Waals surface area contributed by atoms with Gasteiger partial charge in [0.15, 0.2) is 0 Å². The Kier molecular flexibility index (Phi) is 7.41. The number of rotatable bonds is 6. The third kappa shape index (κ3) is 6.39. The molecule has 0 saturated carbocycles. The van der Waals surface area contributed by atoms with Crippen molar-refractivity contribution in [1.29, 1.82) is 0 Å². The van der Waals surface area contributed by atoms with E-state index in [9.17, 15) is 0 Å². The summed E-state index contributed by atoms with van der Waals surface area (Å²) in [4.78, 5) is 5.05. The standard InChI is InChI=1S/C12H25ClN2/c1-14-8-6-10-15(12-11-14)9-5-3-2-4-7-13/h2-12H2,1H3. The number of hydrogen-bond acceptors (Lipinski definition) is 2. The van der Waals surface area contributed by atoms with Crippen molar-refractivity contribution >= 4 is 11.6 Å². The van der Waals surface area contributed by atoms with Gasteiger partial charge >= 0.3 is 0 Å². The molecule has 2 nitrogen and oxygen atoms in total. The fourth-order valence-electron chi connectivity index (χ4n) is 2.11. The van der Waals surface area contributed by atoms with Crippen LogP contribution in [0, 0.1) is 0 Å². The Morgan fingerprint density at radius 2 is 1.73 bits per heavy atom. The number of alkyl halides is 1. The molecule has 3 heteroatoms. The van der Waals surface area contributed by atoms with Crippen molar-refractivity contribution in [2.24, 2.45) is 0 Å². The molecule has 0 atom stereocenters. The molecular formula is C12H25ClN2. The Hall–Kier alpha value is 0.210. The second kappa shape index (κ2) is 8.37. The minimum absolute atomic E-state index is 0.828. The molecule has 0 N–H and O–H groups in total. The van der Waals surface area contributed by atoms with E-state index in [1.165, 1.54) is 64.8 Å². The molecule has 0 amide bonds. The monoisotopic (exact) mass is 232 g/mol. The average Bonchev–Trinajstić information content (AvgIpc) is 2.43. The van der Waals surface area contributed by atoms with E-state index < -0.39 is 0 Å². The van der Waals surface area contributed by atoms with Crippen LogP contribution in [0.2, 0.25) is 0 Å². The smallest absolute Gasteiger partial charge is 0.0223 e. The van der Waals surface area contributed by atoms with Gasteiger partial charge < -0.3 is 9.80 Å². The fraction of sp³-hybridized carbons (Fsp3) is 1.00. The molecule has 0 aliphatic carbocycles. The second-order valence-electron chi connectivity index (χ2n) is 4.60. The molecule has 1 aliphatic rings. The minimum Gasteiger partial charge on any atom is -0.305 e. The molecule has 0 radical (unpaired) electrons. The van der Waals surface area contributed by atoms with Crippen LogP contribution >= 0.6 is 11.6 Å². The average molecular weight is 233 g/mol. The summed E-state index contributed by atoms with van der Waals surface area (Å²) < 4.78 is 0. The normalized spacial score (nSPS) is 20.4. The third-order valence-electron chi connectivity index (χ3n) is 3.17. The summed E-state index contributed by atoms with van der Waals surface area (Å²) in [6, 6.07) is 0. The quantitative estimate of drug-likeness (QED) is 0.513. The Labute approximate surface area is 99.6 Å². The van der Waals surface area contributed by atoms with Crippen LogP contribution in [-0.4, -0.2) is 55.5 Å². The SMILES string of the molecule is CN1CCCN(CCCCCCCl)CC1. The summed E-state index contributed by atoms with van der Waals surface area (Å²) in [7, 11) is 2.23. The van der Waals surface area contributed by atoms with Gasteiger partial charge in [-0.15, -0.1) is 11.6 Å². The molecule has 1 heterocycles. The van der Waals surface area contributed by atoms with Crippen molar-refractivity contribution in [3.63, 3.8) is 0 Å². The molecule has 0 unspecified atom stereocenters. The van der Waals surface area contributed by atoms with Crippen molar-refractivity contribution in [1.82, 2.24) is 9.80 Å². The number of unbranched alkanes of at least 4 members (excludes halogenated alkanes) is 3. The predicted octanol–water partition coefficient (Wildman–Crippen LogP) is 2.42.